The summed E-state index contributed by atoms with van der Waals surface area (Å²) in [7, 11) is 0. The molecule has 0 spiro atoms. The van der Waals surface area contributed by atoms with Crippen molar-refractivity contribution in [3.05, 3.63) is 39.9 Å². The topological polar surface area (TPSA) is 84.3 Å². The molecule has 1 aromatic rings. The number of unbranched alkanes of at least 4 members (excludes halogenated alkanes) is 3. The molecule has 22 heavy (non-hydrogen) atoms. The summed E-state index contributed by atoms with van der Waals surface area (Å²) in [4.78, 5) is 21.7. The molecule has 0 fully saturated rings. The van der Waals surface area contributed by atoms with Gasteiger partial charge in [-0.15, -0.1) is 0 Å². The van der Waals surface area contributed by atoms with Crippen LogP contribution in [0.15, 0.2) is 24.3 Å². The molecule has 0 aliphatic heterocycles. The lowest BCUT2D eigenvalue weighted by Gasteiger charge is -2.07. The van der Waals surface area contributed by atoms with Crippen molar-refractivity contribution >= 4 is 11.6 Å². The molecule has 122 valence electrons. The van der Waals surface area contributed by atoms with Gasteiger partial charge in [0.05, 0.1) is 4.92 Å². The maximum Gasteiger partial charge on any atom is 0.269 e. The quantitative estimate of drug-likeness (QED) is 0.374. The van der Waals surface area contributed by atoms with Crippen molar-refractivity contribution in [1.82, 2.24) is 10.6 Å². The first-order chi connectivity index (χ1) is 10.6. The molecular formula is C16H25N3O3. The van der Waals surface area contributed by atoms with E-state index in [4.69, 9.17) is 0 Å². The molecule has 0 heterocycles. The Morgan fingerprint density at radius 1 is 1.14 bits per heavy atom. The van der Waals surface area contributed by atoms with Crippen LogP contribution < -0.4 is 10.6 Å². The van der Waals surface area contributed by atoms with Crippen LogP contribution in [0.1, 0.15) is 44.6 Å². The molecule has 6 nitrogen and oxygen atoms in total. The fraction of sp³-hybridized carbons (Fsp3) is 0.562. The van der Waals surface area contributed by atoms with Gasteiger partial charge in [-0.2, -0.15) is 0 Å². The molecule has 0 saturated heterocycles. The normalized spacial score (nSPS) is 10.4. The minimum atomic E-state index is -0.409. The van der Waals surface area contributed by atoms with Gasteiger partial charge in [-0.25, -0.2) is 0 Å². The molecule has 0 atom stereocenters. The highest BCUT2D eigenvalue weighted by Gasteiger charge is 2.03. The number of nitrogens with one attached hydrogen (secondary N) is 2. The van der Waals surface area contributed by atoms with E-state index in [2.05, 4.69) is 17.6 Å². The Hall–Kier alpha value is -1.95. The van der Waals surface area contributed by atoms with Crippen LogP contribution in [0.5, 0.6) is 0 Å². The molecule has 1 amide bonds. The summed E-state index contributed by atoms with van der Waals surface area (Å²) >= 11 is 0. The van der Waals surface area contributed by atoms with Crippen LogP contribution in [-0.2, 0) is 11.3 Å². The van der Waals surface area contributed by atoms with Gasteiger partial charge < -0.3 is 10.6 Å². The van der Waals surface area contributed by atoms with Gasteiger partial charge in [0.25, 0.3) is 5.69 Å². The predicted molar refractivity (Wildman–Crippen MR) is 86.6 cm³/mol. The van der Waals surface area contributed by atoms with Crippen LogP contribution >= 0.6 is 0 Å². The Morgan fingerprint density at radius 3 is 2.50 bits per heavy atom. The van der Waals surface area contributed by atoms with Gasteiger partial charge in [0.15, 0.2) is 0 Å². The van der Waals surface area contributed by atoms with Crippen LogP contribution in [0, 0.1) is 10.1 Å². The number of carbonyl (C=O) groups excluding carboxylic acids is 1. The van der Waals surface area contributed by atoms with E-state index in [0.717, 1.165) is 18.4 Å². The van der Waals surface area contributed by atoms with E-state index in [9.17, 15) is 14.9 Å². The summed E-state index contributed by atoms with van der Waals surface area (Å²) in [6.45, 7) is 4.05. The van der Waals surface area contributed by atoms with Crippen molar-refractivity contribution in [3.63, 3.8) is 0 Å². The van der Waals surface area contributed by atoms with E-state index in [1.165, 1.54) is 25.0 Å². The molecular weight excluding hydrogens is 282 g/mol. The molecule has 2 N–H and O–H groups in total. The Labute approximate surface area is 131 Å². The standard InChI is InChI=1S/C16H25N3O3/c1-2-3-4-5-6-16(20)18-12-11-17-13-14-7-9-15(10-8-14)19(21)22/h7-10,17H,2-6,11-13H2,1H3,(H,18,20). The third kappa shape index (κ3) is 7.73. The highest BCUT2D eigenvalue weighted by molar-refractivity contribution is 5.75. The molecule has 0 unspecified atom stereocenters. The summed E-state index contributed by atoms with van der Waals surface area (Å²) in [5, 5.41) is 16.6. The number of nitrogens with zero attached hydrogens (tertiary/aromatic N) is 1. The van der Waals surface area contributed by atoms with Crippen LogP contribution in [0.25, 0.3) is 0 Å². The monoisotopic (exact) mass is 307 g/mol. The second kappa shape index (κ2) is 10.7. The SMILES string of the molecule is CCCCCCC(=O)NCCNCc1ccc([N+](=O)[O-])cc1. The van der Waals surface area contributed by atoms with E-state index in [0.29, 0.717) is 26.1 Å². The van der Waals surface area contributed by atoms with Gasteiger partial charge in [-0.1, -0.05) is 38.3 Å². The summed E-state index contributed by atoms with van der Waals surface area (Å²) in [6, 6.07) is 6.46. The first kappa shape index (κ1) is 18.1. The zero-order chi connectivity index (χ0) is 16.2. The van der Waals surface area contributed by atoms with Crippen molar-refractivity contribution in [1.29, 1.82) is 0 Å². The molecule has 6 heteroatoms. The molecule has 1 aromatic carbocycles. The van der Waals surface area contributed by atoms with Gasteiger partial charge in [0.1, 0.15) is 0 Å². The number of non-ortho nitro benzene ring substituents is 1. The summed E-state index contributed by atoms with van der Waals surface area (Å²) in [6.07, 6.45) is 5.03. The van der Waals surface area contributed by atoms with E-state index >= 15 is 0 Å². The van der Waals surface area contributed by atoms with Crippen LogP contribution in [0.2, 0.25) is 0 Å². The van der Waals surface area contributed by atoms with E-state index in [1.54, 1.807) is 12.1 Å². The largest absolute Gasteiger partial charge is 0.355 e. The number of amides is 1. The Morgan fingerprint density at radius 2 is 1.86 bits per heavy atom. The van der Waals surface area contributed by atoms with Crippen molar-refractivity contribution in [2.45, 2.75) is 45.6 Å². The van der Waals surface area contributed by atoms with Crippen LogP contribution in [-0.4, -0.2) is 23.9 Å². The number of carbonyl (C=O) groups is 1. The molecule has 0 aromatic heterocycles. The number of nitro benzene ring substituents is 1. The smallest absolute Gasteiger partial charge is 0.269 e. The summed E-state index contributed by atoms with van der Waals surface area (Å²) in [5.74, 6) is 0.105. The predicted octanol–water partition coefficient (Wildman–Crippen LogP) is 2.77. The average Bonchev–Trinajstić information content (AvgIpc) is 2.51. The number of nitro groups is 1. The highest BCUT2D eigenvalue weighted by atomic mass is 16.6. The first-order valence-corrected chi connectivity index (χ1v) is 7.84. The molecule has 0 bridgehead atoms. The lowest BCUT2D eigenvalue weighted by molar-refractivity contribution is -0.384. The third-order valence-corrected chi connectivity index (χ3v) is 3.36. The van der Waals surface area contributed by atoms with Crippen LogP contribution in [0.4, 0.5) is 5.69 Å². The fourth-order valence-electron chi connectivity index (χ4n) is 2.06. The second-order valence-electron chi connectivity index (χ2n) is 5.26. The van der Waals surface area contributed by atoms with Gasteiger partial charge >= 0.3 is 0 Å². The number of hydrogen-bond donors (Lipinski definition) is 2. The molecule has 0 radical (unpaired) electrons. The Kier molecular flexibility index (Phi) is 8.83. The Bertz CT molecular complexity index is 460. The molecule has 1 rings (SSSR count). The maximum atomic E-state index is 11.5. The van der Waals surface area contributed by atoms with Crippen molar-refractivity contribution in [3.8, 4) is 0 Å². The maximum absolute atomic E-state index is 11.5. The third-order valence-electron chi connectivity index (χ3n) is 3.36. The van der Waals surface area contributed by atoms with Gasteiger partial charge in [0, 0.05) is 38.2 Å². The van der Waals surface area contributed by atoms with Gasteiger partial charge in [-0.3, -0.25) is 14.9 Å². The highest BCUT2D eigenvalue weighted by Crippen LogP contribution is 2.11. The number of hydrogen-bond acceptors (Lipinski definition) is 4. The molecule has 0 aliphatic carbocycles. The van der Waals surface area contributed by atoms with Crippen molar-refractivity contribution in [2.24, 2.45) is 0 Å². The molecule has 0 aliphatic rings. The average molecular weight is 307 g/mol. The number of rotatable bonds is 11. The van der Waals surface area contributed by atoms with Crippen molar-refractivity contribution in [2.75, 3.05) is 13.1 Å². The first-order valence-electron chi connectivity index (χ1n) is 7.84. The zero-order valence-corrected chi connectivity index (χ0v) is 13.1. The fourth-order valence-corrected chi connectivity index (χ4v) is 2.06. The van der Waals surface area contributed by atoms with Crippen molar-refractivity contribution < 1.29 is 9.72 Å². The molecule has 0 saturated carbocycles. The Balaban J connectivity index is 2.07. The van der Waals surface area contributed by atoms with Gasteiger partial charge in [-0.05, 0) is 12.0 Å². The zero-order valence-electron chi connectivity index (χ0n) is 13.1. The number of benzene rings is 1. The lowest BCUT2D eigenvalue weighted by atomic mass is 10.1. The lowest BCUT2D eigenvalue weighted by Crippen LogP contribution is -2.31. The summed E-state index contributed by atoms with van der Waals surface area (Å²) < 4.78 is 0. The van der Waals surface area contributed by atoms with E-state index < -0.39 is 4.92 Å². The second-order valence-corrected chi connectivity index (χ2v) is 5.26. The van der Waals surface area contributed by atoms with Crippen LogP contribution in [0.3, 0.4) is 0 Å². The van der Waals surface area contributed by atoms with Gasteiger partial charge in [0.2, 0.25) is 5.91 Å². The summed E-state index contributed by atoms with van der Waals surface area (Å²) in [5.41, 5.74) is 1.08. The minimum Gasteiger partial charge on any atom is -0.355 e. The van der Waals surface area contributed by atoms with E-state index in [1.807, 2.05) is 0 Å². The minimum absolute atomic E-state index is 0.0964. The van der Waals surface area contributed by atoms with E-state index in [-0.39, 0.29) is 11.6 Å².